The fourth-order valence-electron chi connectivity index (χ4n) is 2.30. The summed E-state index contributed by atoms with van der Waals surface area (Å²) in [7, 11) is 0. The first kappa shape index (κ1) is 15.1. The minimum absolute atomic E-state index is 0.305. The highest BCUT2D eigenvalue weighted by Gasteiger charge is 2.11. The number of benzene rings is 2. The molecule has 0 saturated heterocycles. The zero-order valence-corrected chi connectivity index (χ0v) is 13.1. The van der Waals surface area contributed by atoms with Gasteiger partial charge in [-0.25, -0.2) is 14.4 Å². The van der Waals surface area contributed by atoms with Crippen molar-refractivity contribution < 1.29 is 9.18 Å². The summed E-state index contributed by atoms with van der Waals surface area (Å²) in [4.78, 5) is 21.3. The summed E-state index contributed by atoms with van der Waals surface area (Å²) in [6.07, 6.45) is 0. The monoisotopic (exact) mass is 309 g/mol. The quantitative estimate of drug-likeness (QED) is 0.780. The number of hydrogen-bond acceptors (Lipinski definition) is 3. The number of aryl methyl sites for hydroxylation is 3. The van der Waals surface area contributed by atoms with E-state index in [9.17, 15) is 9.18 Å². The van der Waals surface area contributed by atoms with Crippen LogP contribution in [0.15, 0.2) is 36.4 Å². The minimum Gasteiger partial charge on any atom is -0.322 e. The highest BCUT2D eigenvalue weighted by molar-refractivity contribution is 6.06. The van der Waals surface area contributed by atoms with E-state index in [1.807, 2.05) is 20.8 Å². The number of fused-ring (bicyclic) bond motifs is 1. The summed E-state index contributed by atoms with van der Waals surface area (Å²) in [6.45, 7) is 5.59. The molecule has 1 heterocycles. The van der Waals surface area contributed by atoms with Crippen LogP contribution in [0.3, 0.4) is 0 Å². The van der Waals surface area contributed by atoms with Crippen molar-refractivity contribution in [3.63, 3.8) is 0 Å². The van der Waals surface area contributed by atoms with E-state index in [1.165, 1.54) is 12.1 Å². The van der Waals surface area contributed by atoms with Crippen molar-refractivity contribution in [3.05, 3.63) is 64.7 Å². The molecule has 0 aliphatic heterocycles. The van der Waals surface area contributed by atoms with Gasteiger partial charge in [0.25, 0.3) is 5.91 Å². The molecule has 0 aliphatic rings. The molecule has 0 aliphatic carbocycles. The van der Waals surface area contributed by atoms with Crippen LogP contribution >= 0.6 is 0 Å². The highest BCUT2D eigenvalue weighted by Crippen LogP contribution is 2.19. The Morgan fingerprint density at radius 3 is 2.39 bits per heavy atom. The van der Waals surface area contributed by atoms with Crippen LogP contribution in [0.1, 0.15) is 27.3 Å². The van der Waals surface area contributed by atoms with E-state index in [0.29, 0.717) is 16.8 Å². The second kappa shape index (κ2) is 5.76. The lowest BCUT2D eigenvalue weighted by Crippen LogP contribution is -2.13. The van der Waals surface area contributed by atoms with Crippen LogP contribution in [0.5, 0.6) is 0 Å². The molecule has 0 saturated carbocycles. The van der Waals surface area contributed by atoms with Crippen molar-refractivity contribution in [1.29, 1.82) is 0 Å². The number of nitrogens with one attached hydrogen (secondary N) is 1. The molecule has 1 N–H and O–H groups in total. The topological polar surface area (TPSA) is 54.9 Å². The molecule has 4 nitrogen and oxygen atoms in total. The molecule has 116 valence electrons. The summed E-state index contributed by atoms with van der Waals surface area (Å²) in [5.41, 5.74) is 4.82. The summed E-state index contributed by atoms with van der Waals surface area (Å²) < 4.78 is 13.3. The van der Waals surface area contributed by atoms with Gasteiger partial charge in [-0.05, 0) is 56.7 Å². The molecule has 0 atom stereocenters. The Hall–Kier alpha value is -2.82. The van der Waals surface area contributed by atoms with Gasteiger partial charge < -0.3 is 5.32 Å². The smallest absolute Gasteiger partial charge is 0.255 e. The zero-order chi connectivity index (χ0) is 16.6. The molecule has 0 radical (unpaired) electrons. The molecule has 1 amide bonds. The number of hydrogen-bond donors (Lipinski definition) is 1. The van der Waals surface area contributed by atoms with E-state index < -0.39 is 0 Å². The molecule has 3 rings (SSSR count). The molecule has 5 heteroatoms. The maximum atomic E-state index is 13.3. The lowest BCUT2D eigenvalue weighted by atomic mass is 10.1. The van der Waals surface area contributed by atoms with E-state index in [4.69, 9.17) is 0 Å². The summed E-state index contributed by atoms with van der Waals surface area (Å²) in [5.74, 6) is -0.693. The van der Waals surface area contributed by atoms with Crippen molar-refractivity contribution in [3.8, 4) is 0 Å². The van der Waals surface area contributed by atoms with Crippen molar-refractivity contribution >= 4 is 22.6 Å². The maximum Gasteiger partial charge on any atom is 0.255 e. The lowest BCUT2D eigenvalue weighted by Gasteiger charge is -2.09. The Balaban J connectivity index is 1.94. The molecular weight excluding hydrogens is 293 g/mol. The molecule has 0 unspecified atom stereocenters. The molecule has 0 spiro atoms. The summed E-state index contributed by atoms with van der Waals surface area (Å²) in [6, 6.07) is 9.45. The molecule has 1 aromatic heterocycles. The van der Waals surface area contributed by atoms with Crippen molar-refractivity contribution in [2.45, 2.75) is 20.8 Å². The average Bonchev–Trinajstić information content (AvgIpc) is 2.51. The first-order chi connectivity index (χ1) is 10.9. The Kier molecular flexibility index (Phi) is 3.78. The Morgan fingerprint density at radius 2 is 1.65 bits per heavy atom. The number of amides is 1. The number of carbonyl (C=O) groups is 1. The van der Waals surface area contributed by atoms with Crippen molar-refractivity contribution in [1.82, 2.24) is 9.97 Å². The van der Waals surface area contributed by atoms with E-state index in [-0.39, 0.29) is 11.7 Å². The second-order valence-electron chi connectivity index (χ2n) is 5.51. The number of carbonyl (C=O) groups excluding carboxylic acids is 1. The van der Waals surface area contributed by atoms with E-state index in [0.717, 1.165) is 22.5 Å². The molecule has 23 heavy (non-hydrogen) atoms. The standard InChI is InChI=1S/C18H16FN3O/c1-10-4-6-14(19)9-16(10)22-18(23)13-5-7-15-17(8-13)21-12(3)11(2)20-15/h4-9H,1-3H3,(H,22,23). The fraction of sp³-hybridized carbons (Fsp3) is 0.167. The molecule has 3 aromatic rings. The number of halogens is 1. The van der Waals surface area contributed by atoms with Crippen LogP contribution in [0, 0.1) is 26.6 Å². The predicted molar refractivity (Wildman–Crippen MR) is 88.1 cm³/mol. The Morgan fingerprint density at radius 1 is 0.957 bits per heavy atom. The van der Waals surface area contributed by atoms with Gasteiger partial charge >= 0.3 is 0 Å². The van der Waals surface area contributed by atoms with Crippen LogP contribution in [0.25, 0.3) is 11.0 Å². The largest absolute Gasteiger partial charge is 0.322 e. The van der Waals surface area contributed by atoms with E-state index in [1.54, 1.807) is 24.3 Å². The number of aromatic nitrogens is 2. The first-order valence-corrected chi connectivity index (χ1v) is 7.26. The lowest BCUT2D eigenvalue weighted by molar-refractivity contribution is 0.102. The third-order valence-electron chi connectivity index (χ3n) is 3.79. The van der Waals surface area contributed by atoms with Crippen molar-refractivity contribution in [2.75, 3.05) is 5.32 Å². The fourth-order valence-corrected chi connectivity index (χ4v) is 2.30. The molecule has 0 fully saturated rings. The van der Waals surface area contributed by atoms with Gasteiger partial charge in [-0.1, -0.05) is 6.07 Å². The minimum atomic E-state index is -0.388. The van der Waals surface area contributed by atoms with Gasteiger partial charge in [-0.15, -0.1) is 0 Å². The Labute approximate surface area is 133 Å². The van der Waals surface area contributed by atoms with Gasteiger partial charge in [0.05, 0.1) is 22.4 Å². The van der Waals surface area contributed by atoms with E-state index >= 15 is 0 Å². The highest BCUT2D eigenvalue weighted by atomic mass is 19.1. The number of anilines is 1. The summed E-state index contributed by atoms with van der Waals surface area (Å²) >= 11 is 0. The zero-order valence-electron chi connectivity index (χ0n) is 13.1. The van der Waals surface area contributed by atoms with Crippen molar-refractivity contribution in [2.24, 2.45) is 0 Å². The second-order valence-corrected chi connectivity index (χ2v) is 5.51. The van der Waals surface area contributed by atoms with Crippen LogP contribution < -0.4 is 5.32 Å². The third-order valence-corrected chi connectivity index (χ3v) is 3.79. The van der Waals surface area contributed by atoms with Crippen LogP contribution in [-0.2, 0) is 0 Å². The predicted octanol–water partition coefficient (Wildman–Crippen LogP) is 3.95. The number of nitrogens with zero attached hydrogens (tertiary/aromatic N) is 2. The molecular formula is C18H16FN3O. The van der Waals surface area contributed by atoms with Gasteiger partial charge in [0.15, 0.2) is 0 Å². The SMILES string of the molecule is Cc1ccc(F)cc1NC(=O)c1ccc2nc(C)c(C)nc2c1. The first-order valence-electron chi connectivity index (χ1n) is 7.26. The van der Waals surface area contributed by atoms with Gasteiger partial charge in [0.1, 0.15) is 5.82 Å². The maximum absolute atomic E-state index is 13.3. The van der Waals surface area contributed by atoms with Gasteiger partial charge in [-0.2, -0.15) is 0 Å². The van der Waals surface area contributed by atoms with Gasteiger partial charge in [0.2, 0.25) is 0 Å². The molecule has 2 aromatic carbocycles. The third kappa shape index (κ3) is 3.04. The van der Waals surface area contributed by atoms with Crippen LogP contribution in [-0.4, -0.2) is 15.9 Å². The summed E-state index contributed by atoms with van der Waals surface area (Å²) in [5, 5.41) is 2.73. The normalized spacial score (nSPS) is 10.8. The average molecular weight is 309 g/mol. The van der Waals surface area contributed by atoms with E-state index in [2.05, 4.69) is 15.3 Å². The van der Waals surface area contributed by atoms with Gasteiger partial charge in [-0.3, -0.25) is 4.79 Å². The van der Waals surface area contributed by atoms with Crippen LogP contribution in [0.4, 0.5) is 10.1 Å². The molecule has 0 bridgehead atoms. The van der Waals surface area contributed by atoms with Gasteiger partial charge in [0, 0.05) is 11.3 Å². The van der Waals surface area contributed by atoms with Crippen LogP contribution in [0.2, 0.25) is 0 Å². The Bertz CT molecular complexity index is 922. The number of rotatable bonds is 2.